The van der Waals surface area contributed by atoms with Crippen LogP contribution in [0.15, 0.2) is 48.6 Å². The van der Waals surface area contributed by atoms with Crippen LogP contribution in [-0.2, 0) is 31.6 Å². The van der Waals surface area contributed by atoms with Gasteiger partial charge in [-0.25, -0.2) is 0 Å². The number of H-pyrrole nitrogens is 1. The van der Waals surface area contributed by atoms with E-state index in [0.717, 1.165) is 66.0 Å². The first kappa shape index (κ1) is 36.7. The van der Waals surface area contributed by atoms with Crippen LogP contribution >= 0.6 is 0 Å². The Morgan fingerprint density at radius 3 is 2.53 bits per heavy atom. The van der Waals surface area contributed by atoms with E-state index in [1.165, 1.54) is 7.11 Å². The Balaban J connectivity index is 1.36. The number of rotatable bonds is 6. The maximum absolute atomic E-state index is 15.2. The maximum Gasteiger partial charge on any atom is 0.322 e. The molecule has 55 heavy (non-hydrogen) atoms. The normalized spacial score (nSPS) is 39.0. The average molecular weight is 752 g/mol. The summed E-state index contributed by atoms with van der Waals surface area (Å²) in [6.45, 7) is 9.86. The van der Waals surface area contributed by atoms with Crippen LogP contribution in [0.25, 0.3) is 10.9 Å². The van der Waals surface area contributed by atoms with Gasteiger partial charge in [0.05, 0.1) is 25.9 Å². The number of aromatic amines is 1. The van der Waals surface area contributed by atoms with Crippen molar-refractivity contribution in [2.24, 2.45) is 23.0 Å². The fourth-order valence-electron chi connectivity index (χ4n) is 13.5. The number of aromatic nitrogens is 1. The zero-order valence-electron chi connectivity index (χ0n) is 33.2. The molecule has 2 bridgehead atoms. The summed E-state index contributed by atoms with van der Waals surface area (Å²) in [6.07, 6.45) is 8.13. The summed E-state index contributed by atoms with van der Waals surface area (Å²) in [5, 5.41) is 26.0. The predicted molar refractivity (Wildman–Crippen MR) is 211 cm³/mol. The number of hydrogen-bond acceptors (Lipinski definition) is 9. The second-order valence-corrected chi connectivity index (χ2v) is 17.8. The van der Waals surface area contributed by atoms with Gasteiger partial charge in [0.1, 0.15) is 11.2 Å². The number of para-hydroxylation sites is 1. The molecule has 1 saturated carbocycles. The summed E-state index contributed by atoms with van der Waals surface area (Å²) in [7, 11) is 5.07. The Kier molecular flexibility index (Phi) is 8.21. The number of nitrogens with two attached hydrogens (primary N) is 1. The Morgan fingerprint density at radius 2 is 1.82 bits per heavy atom. The lowest BCUT2D eigenvalue weighted by molar-refractivity contribution is -0.175. The van der Waals surface area contributed by atoms with Gasteiger partial charge in [-0.1, -0.05) is 51.1 Å². The van der Waals surface area contributed by atoms with Gasteiger partial charge in [-0.15, -0.1) is 0 Å². The molecular formula is C44H57N5O6. The van der Waals surface area contributed by atoms with Crippen LogP contribution in [0.5, 0.6) is 5.75 Å². The molecule has 11 heteroatoms. The Hall–Kier alpha value is -3.90. The van der Waals surface area contributed by atoms with E-state index in [0.29, 0.717) is 50.0 Å². The first-order chi connectivity index (χ1) is 26.3. The van der Waals surface area contributed by atoms with Crippen LogP contribution < -0.4 is 15.4 Å². The molecule has 294 valence electrons. The number of amides is 1. The van der Waals surface area contributed by atoms with E-state index in [-0.39, 0.29) is 17.9 Å². The highest BCUT2D eigenvalue weighted by atomic mass is 16.5. The van der Waals surface area contributed by atoms with E-state index in [4.69, 9.17) is 15.2 Å². The molecule has 9 rings (SSSR count). The van der Waals surface area contributed by atoms with Gasteiger partial charge in [-0.2, -0.15) is 0 Å². The van der Waals surface area contributed by atoms with Crippen molar-refractivity contribution in [3.63, 3.8) is 0 Å². The van der Waals surface area contributed by atoms with E-state index < -0.39 is 45.3 Å². The van der Waals surface area contributed by atoms with Gasteiger partial charge < -0.3 is 35.3 Å². The number of esters is 1. The number of carbonyl (C=O) groups excluding carboxylic acids is 2. The number of hydrogen-bond donors (Lipinski definition) is 4. The van der Waals surface area contributed by atoms with Crippen molar-refractivity contribution < 1.29 is 29.3 Å². The molecule has 2 aromatic carbocycles. The van der Waals surface area contributed by atoms with Crippen molar-refractivity contribution in [1.82, 2.24) is 14.8 Å². The SMILES string of the molecule is CC[C@]1(O)C[C@@H]2CN(CCc3c([nH]c4ccccc34)[C@@](C(=O)OC)(c3cc4c(cc3OC)N(C)[C@@H]3[C@]45CCN4CC=C[C@@](CC)(C(C)[C@]3(O)C(N)=O)[C@H]45)C2)C1. The van der Waals surface area contributed by atoms with E-state index in [9.17, 15) is 15.0 Å². The minimum absolute atomic E-state index is 0.0238. The molecule has 10 atom stereocenters. The summed E-state index contributed by atoms with van der Waals surface area (Å²) < 4.78 is 12.3. The zero-order chi connectivity index (χ0) is 38.9. The van der Waals surface area contributed by atoms with Crippen molar-refractivity contribution in [3.8, 4) is 5.75 Å². The highest BCUT2D eigenvalue weighted by molar-refractivity contribution is 5.95. The molecule has 1 spiro atoms. The molecule has 0 radical (unpaired) electrons. The summed E-state index contributed by atoms with van der Waals surface area (Å²) in [6, 6.07) is 11.8. The summed E-state index contributed by atoms with van der Waals surface area (Å²) in [5.74, 6) is -1.08. The van der Waals surface area contributed by atoms with E-state index in [1.54, 1.807) is 7.11 Å². The molecule has 1 aliphatic carbocycles. The number of fused-ring (bicyclic) bond motifs is 6. The second-order valence-electron chi connectivity index (χ2n) is 17.8. The molecule has 5 N–H and O–H groups in total. The summed E-state index contributed by atoms with van der Waals surface area (Å²) in [5.41, 5.74) is 6.39. The molecule has 6 heterocycles. The number of carbonyl (C=O) groups is 2. The molecule has 5 aliphatic heterocycles. The van der Waals surface area contributed by atoms with Crippen molar-refractivity contribution >= 4 is 28.5 Å². The van der Waals surface area contributed by atoms with Crippen LogP contribution in [0.1, 0.15) is 75.3 Å². The molecule has 6 aliphatic rings. The lowest BCUT2D eigenvalue weighted by Crippen LogP contribution is -2.78. The molecule has 3 aromatic rings. The van der Waals surface area contributed by atoms with Crippen LogP contribution in [0.4, 0.5) is 5.69 Å². The van der Waals surface area contributed by atoms with Crippen LogP contribution in [0.3, 0.4) is 0 Å². The maximum atomic E-state index is 15.2. The molecule has 1 aromatic heterocycles. The standard InChI is InChI=1S/C44H57N5O6/c1-7-40(52)22-27-23-43(39(51)55-6,35-29(14-18-48(24-27)25-40)28-12-9-10-13-32(28)46-35)31-20-30-33(21-34(31)54-5)47(4)37-42(30)16-19-49-17-11-15-41(8-2,36(42)49)26(3)44(37,53)38(45)50/h9-13,15,20-21,26-27,36-37,46,52-53H,7-8,14,16-19,22-25H2,1-6H3,(H2,45,50)/t26?,27-,36-,37+,40-,41-,42+,43-,44+/m0/s1. The Bertz CT molecular complexity index is 2120. The minimum Gasteiger partial charge on any atom is -0.496 e. The Morgan fingerprint density at radius 1 is 1.04 bits per heavy atom. The third-order valence-electron chi connectivity index (χ3n) is 15.8. The third-order valence-corrected chi connectivity index (χ3v) is 15.8. The molecular weight excluding hydrogens is 695 g/mol. The van der Waals surface area contributed by atoms with Gasteiger partial charge in [0.15, 0.2) is 5.60 Å². The molecule has 3 fully saturated rings. The first-order valence-corrected chi connectivity index (χ1v) is 20.3. The lowest BCUT2D eigenvalue weighted by atomic mass is 9.45. The number of ether oxygens (including phenoxy) is 2. The molecule has 2 saturated heterocycles. The van der Waals surface area contributed by atoms with E-state index in [1.807, 2.05) is 39.1 Å². The van der Waals surface area contributed by atoms with Gasteiger partial charge in [0, 0.05) is 89.9 Å². The van der Waals surface area contributed by atoms with Gasteiger partial charge in [0.2, 0.25) is 0 Å². The highest BCUT2D eigenvalue weighted by Crippen LogP contribution is 2.69. The topological polar surface area (TPSA) is 145 Å². The number of piperidine rings is 1. The van der Waals surface area contributed by atoms with E-state index >= 15 is 4.79 Å². The van der Waals surface area contributed by atoms with Crippen molar-refractivity contribution in [2.75, 3.05) is 58.9 Å². The van der Waals surface area contributed by atoms with Gasteiger partial charge >= 0.3 is 5.97 Å². The number of benzene rings is 2. The van der Waals surface area contributed by atoms with Gasteiger partial charge in [-0.3, -0.25) is 19.4 Å². The number of nitrogens with one attached hydrogen (secondary N) is 1. The second kappa shape index (κ2) is 12.3. The van der Waals surface area contributed by atoms with Gasteiger partial charge in [0.25, 0.3) is 5.91 Å². The minimum atomic E-state index is -1.86. The number of likely N-dealkylation sites (N-methyl/N-ethyl adjacent to an activating group) is 1. The van der Waals surface area contributed by atoms with Crippen LogP contribution in [0, 0.1) is 17.3 Å². The van der Waals surface area contributed by atoms with E-state index in [2.05, 4.69) is 57.0 Å². The lowest BCUT2D eigenvalue weighted by Gasteiger charge is -2.64. The number of aliphatic hydroxyl groups is 2. The van der Waals surface area contributed by atoms with Gasteiger partial charge in [-0.05, 0) is 74.2 Å². The molecule has 1 amide bonds. The summed E-state index contributed by atoms with van der Waals surface area (Å²) >= 11 is 0. The fraction of sp³-hybridized carbons (Fsp3) is 0.591. The molecule has 11 nitrogen and oxygen atoms in total. The number of primary amides is 1. The third kappa shape index (κ3) is 4.52. The number of anilines is 1. The van der Waals surface area contributed by atoms with Crippen LogP contribution in [-0.4, -0.2) is 114 Å². The van der Waals surface area contributed by atoms with Crippen molar-refractivity contribution in [2.45, 2.75) is 93.4 Å². The Labute approximate surface area is 323 Å². The van der Waals surface area contributed by atoms with Crippen molar-refractivity contribution in [3.05, 3.63) is 70.9 Å². The highest BCUT2D eigenvalue weighted by Gasteiger charge is 2.77. The quantitative estimate of drug-likeness (QED) is 0.217. The number of methoxy groups -OCH3 is 2. The van der Waals surface area contributed by atoms with Crippen LogP contribution in [0.2, 0.25) is 0 Å². The average Bonchev–Trinajstić information content (AvgIpc) is 3.84. The predicted octanol–water partition coefficient (Wildman–Crippen LogP) is 4.01. The monoisotopic (exact) mass is 751 g/mol. The smallest absolute Gasteiger partial charge is 0.322 e. The van der Waals surface area contributed by atoms with Crippen molar-refractivity contribution in [1.29, 1.82) is 0 Å². The molecule has 2 unspecified atom stereocenters. The largest absolute Gasteiger partial charge is 0.496 e. The number of nitrogens with zero attached hydrogens (tertiary/aromatic N) is 3. The fourth-order valence-corrected chi connectivity index (χ4v) is 13.5. The zero-order valence-corrected chi connectivity index (χ0v) is 33.2. The first-order valence-electron chi connectivity index (χ1n) is 20.3. The summed E-state index contributed by atoms with van der Waals surface area (Å²) in [4.78, 5) is 39.8.